The van der Waals surface area contributed by atoms with E-state index in [4.69, 9.17) is 9.47 Å². The van der Waals surface area contributed by atoms with E-state index in [-0.39, 0.29) is 23.1 Å². The number of alkyl halides is 2. The lowest BCUT2D eigenvalue weighted by Crippen LogP contribution is -2.33. The summed E-state index contributed by atoms with van der Waals surface area (Å²) in [5.41, 5.74) is 2.14. The van der Waals surface area contributed by atoms with Crippen molar-refractivity contribution in [3.05, 3.63) is 47.8 Å². The molecule has 7 nitrogen and oxygen atoms in total. The topological polar surface area (TPSA) is 85.1 Å². The minimum absolute atomic E-state index is 0.0414. The van der Waals surface area contributed by atoms with E-state index < -0.39 is 24.0 Å². The maximum Gasteiger partial charge on any atom is 0.387 e. The molecule has 0 bridgehead atoms. The summed E-state index contributed by atoms with van der Waals surface area (Å²) in [6, 6.07) is 6.86. The molecule has 0 saturated heterocycles. The third-order valence-electron chi connectivity index (χ3n) is 6.41. The van der Waals surface area contributed by atoms with Gasteiger partial charge in [-0.1, -0.05) is 20.8 Å². The summed E-state index contributed by atoms with van der Waals surface area (Å²) in [5.74, 6) is -0.646. The Morgan fingerprint density at radius 3 is 2.62 bits per heavy atom. The Morgan fingerprint density at radius 1 is 1.29 bits per heavy atom. The van der Waals surface area contributed by atoms with Gasteiger partial charge in [0.25, 0.3) is 5.91 Å². The van der Waals surface area contributed by atoms with E-state index in [1.807, 2.05) is 43.5 Å². The number of nitrogens with zero attached hydrogens (tertiary/aromatic N) is 2. The van der Waals surface area contributed by atoms with Crippen LogP contribution in [0.15, 0.2) is 36.7 Å². The number of carbonyl (C=O) groups is 1. The van der Waals surface area contributed by atoms with Crippen molar-refractivity contribution >= 4 is 11.6 Å². The van der Waals surface area contributed by atoms with Crippen molar-refractivity contribution in [3.63, 3.8) is 0 Å². The summed E-state index contributed by atoms with van der Waals surface area (Å²) in [7, 11) is 1.38. The van der Waals surface area contributed by atoms with Gasteiger partial charge in [-0.3, -0.25) is 9.20 Å². The number of amides is 1. The number of methoxy groups -OCH3 is 1. The fourth-order valence-corrected chi connectivity index (χ4v) is 4.09. The number of hydrogen-bond donors (Lipinski definition) is 2. The average Bonchev–Trinajstić information content (AvgIpc) is 3.51. The van der Waals surface area contributed by atoms with Crippen LogP contribution in [0, 0.1) is 0 Å². The molecule has 2 N–H and O–H groups in total. The molecule has 0 radical (unpaired) electrons. The molecule has 1 aliphatic carbocycles. The Labute approximate surface area is 196 Å². The lowest BCUT2D eigenvalue weighted by Gasteiger charge is -2.30. The highest BCUT2D eigenvalue weighted by atomic mass is 19.3. The lowest BCUT2D eigenvalue weighted by atomic mass is 9.79. The van der Waals surface area contributed by atoms with Crippen LogP contribution in [-0.4, -0.2) is 46.3 Å². The fourth-order valence-electron chi connectivity index (χ4n) is 4.09. The summed E-state index contributed by atoms with van der Waals surface area (Å²) in [5, 5.41) is 13.2. The van der Waals surface area contributed by atoms with Crippen molar-refractivity contribution in [1.82, 2.24) is 14.7 Å². The molecular weight excluding hydrogens is 444 g/mol. The zero-order valence-electron chi connectivity index (χ0n) is 19.6. The number of carbonyl (C=O) groups excluding carboxylic acids is 1. The molecule has 1 fully saturated rings. The van der Waals surface area contributed by atoms with E-state index in [0.29, 0.717) is 23.3 Å². The second-order valence-electron chi connectivity index (χ2n) is 9.11. The lowest BCUT2D eigenvalue weighted by molar-refractivity contribution is -0.0502. The number of aliphatic hydroxyl groups excluding tert-OH is 1. The number of halogens is 2. The molecule has 1 aliphatic rings. The number of imidazole rings is 1. The molecule has 1 amide bonds. The summed E-state index contributed by atoms with van der Waals surface area (Å²) >= 11 is 0. The van der Waals surface area contributed by atoms with Crippen LogP contribution in [0.2, 0.25) is 0 Å². The summed E-state index contributed by atoms with van der Waals surface area (Å²) < 4.78 is 38.4. The molecule has 2 aromatic heterocycles. The van der Waals surface area contributed by atoms with Crippen molar-refractivity contribution in [3.8, 4) is 22.8 Å². The first-order chi connectivity index (χ1) is 16.1. The Bertz CT molecular complexity index is 1200. The van der Waals surface area contributed by atoms with Crippen molar-refractivity contribution in [2.24, 2.45) is 0 Å². The number of benzene rings is 1. The van der Waals surface area contributed by atoms with Gasteiger partial charge in [0.2, 0.25) is 0 Å². The second kappa shape index (κ2) is 9.21. The molecular formula is C25H29F2N3O4. The molecule has 0 aliphatic heterocycles. The zero-order valence-corrected chi connectivity index (χ0v) is 19.6. The molecule has 2 heterocycles. The number of nitrogens with one attached hydrogen (secondary N) is 1. The van der Waals surface area contributed by atoms with Gasteiger partial charge in [-0.15, -0.1) is 0 Å². The highest BCUT2D eigenvalue weighted by Crippen LogP contribution is 2.37. The van der Waals surface area contributed by atoms with Crippen LogP contribution in [-0.2, 0) is 5.41 Å². The van der Waals surface area contributed by atoms with Gasteiger partial charge < -0.3 is 19.9 Å². The number of aromatic nitrogens is 2. The molecule has 0 spiro atoms. The minimum atomic E-state index is -3.11. The van der Waals surface area contributed by atoms with Gasteiger partial charge >= 0.3 is 6.61 Å². The number of ether oxygens (including phenoxy) is 2. The summed E-state index contributed by atoms with van der Waals surface area (Å²) in [6.45, 7) is 2.77. The van der Waals surface area contributed by atoms with Crippen LogP contribution >= 0.6 is 0 Å². The van der Waals surface area contributed by atoms with Crippen molar-refractivity contribution < 1.29 is 28.2 Å². The van der Waals surface area contributed by atoms with Crippen LogP contribution in [0.3, 0.4) is 0 Å². The smallest absolute Gasteiger partial charge is 0.387 e. The number of pyridine rings is 1. The Balaban J connectivity index is 1.79. The standard InChI is InChI=1S/C25H29F2N3O4/c1-5-20(31)25(2,3)15-8-9-30-17(13-28-21(30)12-15)14-10-18(33-4)22(19(11-14)34-24(26)27)23(32)29-16-6-7-16/h8-13,16,20,24,31H,5-7H2,1-4H3,(H,29,32). The van der Waals surface area contributed by atoms with Crippen molar-refractivity contribution in [2.45, 2.75) is 64.2 Å². The van der Waals surface area contributed by atoms with Gasteiger partial charge in [0.05, 0.1) is 25.1 Å². The van der Waals surface area contributed by atoms with Gasteiger partial charge in [0.15, 0.2) is 0 Å². The van der Waals surface area contributed by atoms with Gasteiger partial charge in [0, 0.05) is 23.2 Å². The van der Waals surface area contributed by atoms with Crippen LogP contribution in [0.5, 0.6) is 11.5 Å². The van der Waals surface area contributed by atoms with E-state index in [1.54, 1.807) is 12.3 Å². The Hall–Kier alpha value is -3.20. The van der Waals surface area contributed by atoms with Gasteiger partial charge in [-0.05, 0) is 49.1 Å². The van der Waals surface area contributed by atoms with E-state index in [9.17, 15) is 18.7 Å². The molecule has 1 atom stereocenters. The average molecular weight is 474 g/mol. The number of hydrogen-bond acceptors (Lipinski definition) is 5. The molecule has 1 saturated carbocycles. The van der Waals surface area contributed by atoms with E-state index >= 15 is 0 Å². The van der Waals surface area contributed by atoms with Crippen LogP contribution in [0.4, 0.5) is 8.78 Å². The SMILES string of the molecule is CCC(O)C(C)(C)c1ccn2c(-c3cc(OC)c(C(=O)NC4CC4)c(OC(F)F)c3)cnc2c1. The first-order valence-electron chi connectivity index (χ1n) is 11.3. The number of rotatable bonds is 9. The largest absolute Gasteiger partial charge is 0.496 e. The summed E-state index contributed by atoms with van der Waals surface area (Å²) in [4.78, 5) is 17.2. The van der Waals surface area contributed by atoms with E-state index in [2.05, 4.69) is 10.3 Å². The summed E-state index contributed by atoms with van der Waals surface area (Å²) in [6.07, 6.45) is 5.25. The van der Waals surface area contributed by atoms with Crippen molar-refractivity contribution in [1.29, 1.82) is 0 Å². The van der Waals surface area contributed by atoms with Gasteiger partial charge in [-0.2, -0.15) is 8.78 Å². The zero-order chi connectivity index (χ0) is 24.6. The highest BCUT2D eigenvalue weighted by molar-refractivity contribution is 6.01. The molecule has 1 unspecified atom stereocenters. The molecule has 9 heteroatoms. The molecule has 34 heavy (non-hydrogen) atoms. The highest BCUT2D eigenvalue weighted by Gasteiger charge is 2.30. The number of aliphatic hydroxyl groups is 1. The quantitative estimate of drug-likeness (QED) is 0.476. The fraction of sp³-hybridized carbons (Fsp3) is 0.440. The molecule has 182 valence electrons. The second-order valence-corrected chi connectivity index (χ2v) is 9.11. The Kier molecular flexibility index (Phi) is 6.49. The third kappa shape index (κ3) is 4.57. The predicted molar refractivity (Wildman–Crippen MR) is 124 cm³/mol. The first-order valence-corrected chi connectivity index (χ1v) is 11.3. The maximum atomic E-state index is 13.2. The normalized spacial score (nSPS) is 14.9. The monoisotopic (exact) mass is 473 g/mol. The van der Waals surface area contributed by atoms with Crippen LogP contribution in [0.1, 0.15) is 56.0 Å². The van der Waals surface area contributed by atoms with Gasteiger partial charge in [-0.25, -0.2) is 4.98 Å². The molecule has 3 aromatic rings. The first kappa shape index (κ1) is 23.9. The van der Waals surface area contributed by atoms with E-state index in [0.717, 1.165) is 18.4 Å². The maximum absolute atomic E-state index is 13.2. The third-order valence-corrected chi connectivity index (χ3v) is 6.41. The van der Waals surface area contributed by atoms with Crippen molar-refractivity contribution in [2.75, 3.05) is 7.11 Å². The van der Waals surface area contributed by atoms with Crippen LogP contribution in [0.25, 0.3) is 16.9 Å². The number of fused-ring (bicyclic) bond motifs is 1. The Morgan fingerprint density at radius 2 is 2.00 bits per heavy atom. The predicted octanol–water partition coefficient (Wildman–Crippen LogP) is 4.55. The van der Waals surface area contributed by atoms with E-state index in [1.165, 1.54) is 13.2 Å². The minimum Gasteiger partial charge on any atom is -0.496 e. The van der Waals surface area contributed by atoms with Gasteiger partial charge in [0.1, 0.15) is 22.7 Å². The molecule has 4 rings (SSSR count). The molecule has 1 aromatic carbocycles. The van der Waals surface area contributed by atoms with Crippen LogP contribution < -0.4 is 14.8 Å².